The van der Waals surface area contributed by atoms with E-state index >= 15 is 0 Å². The molecule has 0 spiro atoms. The molecule has 124 valence electrons. The van der Waals surface area contributed by atoms with Crippen molar-refractivity contribution in [1.29, 1.82) is 0 Å². The van der Waals surface area contributed by atoms with E-state index in [1.165, 1.54) is 5.56 Å². The summed E-state index contributed by atoms with van der Waals surface area (Å²) >= 11 is 0. The van der Waals surface area contributed by atoms with Crippen LogP contribution in [0.2, 0.25) is 0 Å². The summed E-state index contributed by atoms with van der Waals surface area (Å²) in [6.07, 6.45) is -0.507. The van der Waals surface area contributed by atoms with E-state index in [2.05, 4.69) is 31.0 Å². The van der Waals surface area contributed by atoms with Gasteiger partial charge in [0, 0.05) is 24.7 Å². The lowest BCUT2D eigenvalue weighted by molar-refractivity contribution is 0.0871. The average molecular weight is 306 g/mol. The number of rotatable bonds is 8. The highest BCUT2D eigenvalue weighted by Gasteiger charge is 2.12. The first-order chi connectivity index (χ1) is 10.3. The molecule has 0 aliphatic rings. The van der Waals surface area contributed by atoms with E-state index in [4.69, 9.17) is 0 Å². The molecule has 0 radical (unpaired) electrons. The van der Waals surface area contributed by atoms with Crippen LogP contribution in [0.15, 0.2) is 24.3 Å². The molecule has 0 bridgehead atoms. The van der Waals surface area contributed by atoms with Crippen LogP contribution in [0.4, 0.5) is 0 Å². The van der Waals surface area contributed by atoms with Gasteiger partial charge in [-0.3, -0.25) is 9.69 Å². The van der Waals surface area contributed by atoms with E-state index in [0.29, 0.717) is 11.6 Å². The topological polar surface area (TPSA) is 52.6 Å². The van der Waals surface area contributed by atoms with E-state index in [-0.39, 0.29) is 18.4 Å². The molecular formula is C18H30N2O2. The fraction of sp³-hybridized carbons (Fsp3) is 0.611. The van der Waals surface area contributed by atoms with Gasteiger partial charge in [-0.2, -0.15) is 0 Å². The minimum Gasteiger partial charge on any atom is -0.391 e. The van der Waals surface area contributed by atoms with Crippen LogP contribution in [0.25, 0.3) is 0 Å². The van der Waals surface area contributed by atoms with E-state index in [0.717, 1.165) is 13.1 Å². The Balaban J connectivity index is 2.58. The van der Waals surface area contributed by atoms with Gasteiger partial charge in [0.15, 0.2) is 0 Å². The van der Waals surface area contributed by atoms with Crippen molar-refractivity contribution < 1.29 is 9.90 Å². The highest BCUT2D eigenvalue weighted by molar-refractivity contribution is 5.94. The molecule has 0 heterocycles. The lowest BCUT2D eigenvalue weighted by Gasteiger charge is -2.24. The molecule has 4 heteroatoms. The largest absolute Gasteiger partial charge is 0.391 e. The van der Waals surface area contributed by atoms with Crippen molar-refractivity contribution in [3.05, 3.63) is 35.4 Å². The Morgan fingerprint density at radius 2 is 1.77 bits per heavy atom. The number of hydrogen-bond donors (Lipinski definition) is 2. The minimum absolute atomic E-state index is 0.137. The lowest BCUT2D eigenvalue weighted by atomic mass is 10.1. The van der Waals surface area contributed by atoms with E-state index < -0.39 is 6.10 Å². The maximum Gasteiger partial charge on any atom is 0.251 e. The lowest BCUT2D eigenvalue weighted by Crippen LogP contribution is -2.34. The van der Waals surface area contributed by atoms with Gasteiger partial charge in [-0.25, -0.2) is 0 Å². The number of aliphatic hydroxyl groups is 1. The van der Waals surface area contributed by atoms with Crippen LogP contribution >= 0.6 is 0 Å². The number of nitrogens with zero attached hydrogens (tertiary/aromatic N) is 1. The summed E-state index contributed by atoms with van der Waals surface area (Å²) in [7, 11) is 0. The van der Waals surface area contributed by atoms with Crippen LogP contribution in [-0.4, -0.2) is 41.1 Å². The Hall–Kier alpha value is -1.39. The molecule has 0 aliphatic carbocycles. The van der Waals surface area contributed by atoms with Gasteiger partial charge in [-0.05, 0) is 44.0 Å². The molecule has 0 fully saturated rings. The second kappa shape index (κ2) is 8.91. The molecule has 1 amide bonds. The maximum atomic E-state index is 12.0. The van der Waals surface area contributed by atoms with Gasteiger partial charge >= 0.3 is 0 Å². The first-order valence-corrected chi connectivity index (χ1v) is 8.14. The normalized spacial score (nSPS) is 13.0. The smallest absolute Gasteiger partial charge is 0.251 e. The Morgan fingerprint density at radius 3 is 2.23 bits per heavy atom. The first-order valence-electron chi connectivity index (χ1n) is 8.14. The molecule has 22 heavy (non-hydrogen) atoms. The number of carbonyl (C=O) groups is 1. The van der Waals surface area contributed by atoms with Gasteiger partial charge in [-0.15, -0.1) is 0 Å². The quantitative estimate of drug-likeness (QED) is 0.776. The average Bonchev–Trinajstić information content (AvgIpc) is 2.49. The monoisotopic (exact) mass is 306 g/mol. The number of carbonyl (C=O) groups excluding carboxylic acids is 1. The molecule has 0 aliphatic heterocycles. The third-order valence-corrected chi connectivity index (χ3v) is 3.98. The Morgan fingerprint density at radius 1 is 1.18 bits per heavy atom. The van der Waals surface area contributed by atoms with Crippen LogP contribution in [0, 0.1) is 5.92 Å². The molecule has 1 unspecified atom stereocenters. The zero-order chi connectivity index (χ0) is 16.7. The summed E-state index contributed by atoms with van der Waals surface area (Å²) in [5, 5.41) is 12.5. The van der Waals surface area contributed by atoms with Crippen molar-refractivity contribution in [2.24, 2.45) is 5.92 Å². The predicted octanol–water partition coefficient (Wildman–Crippen LogP) is 2.66. The van der Waals surface area contributed by atoms with Gasteiger partial charge in [0.05, 0.1) is 6.10 Å². The molecule has 1 atom stereocenters. The highest BCUT2D eigenvalue weighted by Crippen LogP contribution is 2.10. The summed E-state index contributed by atoms with van der Waals surface area (Å²) in [4.78, 5) is 14.4. The zero-order valence-electron chi connectivity index (χ0n) is 14.5. The predicted molar refractivity (Wildman–Crippen MR) is 90.8 cm³/mol. The van der Waals surface area contributed by atoms with Crippen molar-refractivity contribution in [3.8, 4) is 0 Å². The molecule has 0 saturated heterocycles. The molecule has 1 aromatic carbocycles. The van der Waals surface area contributed by atoms with Gasteiger partial charge in [-0.1, -0.05) is 32.9 Å². The minimum atomic E-state index is -0.507. The van der Waals surface area contributed by atoms with Gasteiger partial charge in [0.1, 0.15) is 0 Å². The summed E-state index contributed by atoms with van der Waals surface area (Å²) in [5.74, 6) is 0.00111. The Bertz CT molecular complexity index is 455. The fourth-order valence-corrected chi connectivity index (χ4v) is 2.19. The number of aliphatic hydroxyl groups excluding tert-OH is 1. The Kier molecular flexibility index (Phi) is 7.56. The number of nitrogens with one attached hydrogen (secondary N) is 1. The SMILES string of the molecule is CCN(Cc1ccc(C(=O)NCC(O)C(C)C)cc1)C(C)C. The third-order valence-electron chi connectivity index (χ3n) is 3.98. The van der Waals surface area contributed by atoms with Crippen molar-refractivity contribution in [1.82, 2.24) is 10.2 Å². The van der Waals surface area contributed by atoms with E-state index in [1.54, 1.807) is 0 Å². The molecule has 2 N–H and O–H groups in total. The van der Waals surface area contributed by atoms with Crippen LogP contribution in [-0.2, 0) is 6.54 Å². The van der Waals surface area contributed by atoms with Crippen molar-refractivity contribution in [3.63, 3.8) is 0 Å². The van der Waals surface area contributed by atoms with Crippen molar-refractivity contribution >= 4 is 5.91 Å². The van der Waals surface area contributed by atoms with Gasteiger partial charge in [0.2, 0.25) is 0 Å². The van der Waals surface area contributed by atoms with Crippen LogP contribution in [0.5, 0.6) is 0 Å². The number of benzene rings is 1. The summed E-state index contributed by atoms with van der Waals surface area (Å²) < 4.78 is 0. The van der Waals surface area contributed by atoms with Gasteiger partial charge < -0.3 is 10.4 Å². The summed E-state index contributed by atoms with van der Waals surface area (Å²) in [6, 6.07) is 8.20. The van der Waals surface area contributed by atoms with Crippen molar-refractivity contribution in [2.45, 2.75) is 53.3 Å². The second-order valence-electron chi connectivity index (χ2n) is 6.38. The second-order valence-corrected chi connectivity index (χ2v) is 6.38. The number of amides is 1. The maximum absolute atomic E-state index is 12.0. The molecule has 1 aromatic rings. The molecular weight excluding hydrogens is 276 g/mol. The fourth-order valence-electron chi connectivity index (χ4n) is 2.19. The van der Waals surface area contributed by atoms with Gasteiger partial charge in [0.25, 0.3) is 5.91 Å². The Labute approximate surface area is 134 Å². The highest BCUT2D eigenvalue weighted by atomic mass is 16.3. The van der Waals surface area contributed by atoms with E-state index in [9.17, 15) is 9.90 Å². The van der Waals surface area contributed by atoms with Crippen molar-refractivity contribution in [2.75, 3.05) is 13.1 Å². The molecule has 0 aromatic heterocycles. The summed E-state index contributed by atoms with van der Waals surface area (Å²) in [6.45, 7) is 12.6. The number of hydrogen-bond acceptors (Lipinski definition) is 3. The van der Waals surface area contributed by atoms with Crippen LogP contribution < -0.4 is 5.32 Å². The third kappa shape index (κ3) is 5.78. The van der Waals surface area contributed by atoms with Crippen LogP contribution in [0.3, 0.4) is 0 Å². The molecule has 1 rings (SSSR count). The molecule has 0 saturated carbocycles. The zero-order valence-corrected chi connectivity index (χ0v) is 14.5. The first kappa shape index (κ1) is 18.7. The summed E-state index contributed by atoms with van der Waals surface area (Å²) in [5.41, 5.74) is 1.83. The standard InChI is InChI=1S/C18H30N2O2/c1-6-20(14(4)5)12-15-7-9-16(10-8-15)18(22)19-11-17(21)13(2)3/h7-10,13-14,17,21H,6,11-12H2,1-5H3,(H,19,22). The van der Waals surface area contributed by atoms with E-state index in [1.807, 2.05) is 38.1 Å². The van der Waals surface area contributed by atoms with Crippen LogP contribution in [0.1, 0.15) is 50.5 Å². The molecule has 4 nitrogen and oxygen atoms in total.